The fourth-order valence-electron chi connectivity index (χ4n) is 1.80. The molecule has 1 unspecified atom stereocenters. The van der Waals surface area contributed by atoms with E-state index in [2.05, 4.69) is 38.1 Å². The van der Waals surface area contributed by atoms with Gasteiger partial charge in [0, 0.05) is 5.38 Å². The van der Waals surface area contributed by atoms with Crippen molar-refractivity contribution >= 4 is 11.6 Å². The van der Waals surface area contributed by atoms with Crippen molar-refractivity contribution in [3.63, 3.8) is 0 Å². The number of benzene rings is 1. The van der Waals surface area contributed by atoms with Crippen molar-refractivity contribution in [2.24, 2.45) is 0 Å². The average molecular weight is 225 g/mol. The van der Waals surface area contributed by atoms with Crippen molar-refractivity contribution < 1.29 is 0 Å². The Bertz CT molecular complexity index is 280. The second-order valence-electron chi connectivity index (χ2n) is 4.22. The molecule has 15 heavy (non-hydrogen) atoms. The van der Waals surface area contributed by atoms with Crippen molar-refractivity contribution in [2.75, 3.05) is 0 Å². The Morgan fingerprint density at radius 3 is 2.60 bits per heavy atom. The molecule has 0 N–H and O–H groups in total. The molecule has 0 aliphatic rings. The third-order valence-electron chi connectivity index (χ3n) is 2.82. The summed E-state index contributed by atoms with van der Waals surface area (Å²) in [6.07, 6.45) is 5.99. The fourth-order valence-corrected chi connectivity index (χ4v) is 2.12. The molecule has 0 nitrogen and oxygen atoms in total. The van der Waals surface area contributed by atoms with E-state index >= 15 is 0 Å². The lowest BCUT2D eigenvalue weighted by Gasteiger charge is -2.11. The number of rotatable bonds is 6. The maximum Gasteiger partial charge on any atom is 0.0376 e. The molecule has 0 radical (unpaired) electrons. The molecule has 1 rings (SSSR count). The average Bonchev–Trinajstić information content (AvgIpc) is 2.22. The highest BCUT2D eigenvalue weighted by Crippen LogP contribution is 2.17. The summed E-state index contributed by atoms with van der Waals surface area (Å²) >= 11 is 6.32. The summed E-state index contributed by atoms with van der Waals surface area (Å²) in [6, 6.07) is 8.52. The van der Waals surface area contributed by atoms with Gasteiger partial charge in [0.05, 0.1) is 0 Å². The quantitative estimate of drug-likeness (QED) is 0.484. The van der Waals surface area contributed by atoms with E-state index in [-0.39, 0.29) is 0 Å². The normalized spacial score (nSPS) is 12.7. The van der Waals surface area contributed by atoms with E-state index in [1.54, 1.807) is 0 Å². The predicted molar refractivity (Wildman–Crippen MR) is 68.7 cm³/mol. The van der Waals surface area contributed by atoms with Crippen LogP contribution in [0, 0.1) is 6.92 Å². The molecule has 1 aromatic rings. The Labute approximate surface area is 98.7 Å². The van der Waals surface area contributed by atoms with E-state index in [0.717, 1.165) is 12.8 Å². The van der Waals surface area contributed by atoms with Gasteiger partial charge in [-0.05, 0) is 30.9 Å². The van der Waals surface area contributed by atoms with Gasteiger partial charge in [0.25, 0.3) is 0 Å². The summed E-state index contributed by atoms with van der Waals surface area (Å²) in [5.41, 5.74) is 2.76. The Balaban J connectivity index is 2.37. The molecule has 1 heteroatoms. The van der Waals surface area contributed by atoms with E-state index in [1.807, 2.05) is 0 Å². The van der Waals surface area contributed by atoms with Crippen LogP contribution in [0.1, 0.15) is 43.7 Å². The van der Waals surface area contributed by atoms with E-state index < -0.39 is 0 Å². The first-order chi connectivity index (χ1) is 7.24. The first kappa shape index (κ1) is 12.6. The van der Waals surface area contributed by atoms with Gasteiger partial charge in [0.15, 0.2) is 0 Å². The zero-order chi connectivity index (χ0) is 11.1. The fraction of sp³-hybridized carbons (Fsp3) is 0.571. The zero-order valence-electron chi connectivity index (χ0n) is 9.80. The number of halogens is 1. The van der Waals surface area contributed by atoms with Crippen LogP contribution in [0.4, 0.5) is 0 Å². The van der Waals surface area contributed by atoms with Crippen LogP contribution in [-0.4, -0.2) is 5.38 Å². The van der Waals surface area contributed by atoms with E-state index in [4.69, 9.17) is 11.6 Å². The maximum atomic E-state index is 6.32. The van der Waals surface area contributed by atoms with Crippen LogP contribution in [0.5, 0.6) is 0 Å². The van der Waals surface area contributed by atoms with Gasteiger partial charge in [-0.15, -0.1) is 11.6 Å². The summed E-state index contributed by atoms with van der Waals surface area (Å²) in [5.74, 6) is 0. The highest BCUT2D eigenvalue weighted by molar-refractivity contribution is 6.20. The number of aryl methyl sites for hydroxylation is 1. The predicted octanol–water partition coefficient (Wildman–Crippen LogP) is 4.73. The van der Waals surface area contributed by atoms with Crippen LogP contribution in [0.15, 0.2) is 24.3 Å². The van der Waals surface area contributed by atoms with Crippen LogP contribution in [-0.2, 0) is 6.42 Å². The monoisotopic (exact) mass is 224 g/mol. The van der Waals surface area contributed by atoms with E-state index in [0.29, 0.717) is 5.38 Å². The largest absolute Gasteiger partial charge is 0.123 e. The van der Waals surface area contributed by atoms with Crippen LogP contribution < -0.4 is 0 Å². The highest BCUT2D eigenvalue weighted by Gasteiger charge is 2.06. The molecule has 0 spiro atoms. The Morgan fingerprint density at radius 2 is 1.93 bits per heavy atom. The van der Waals surface area contributed by atoms with Crippen molar-refractivity contribution in [3.05, 3.63) is 35.4 Å². The highest BCUT2D eigenvalue weighted by atomic mass is 35.5. The van der Waals surface area contributed by atoms with Gasteiger partial charge in [-0.1, -0.05) is 50.5 Å². The smallest absolute Gasteiger partial charge is 0.0376 e. The summed E-state index contributed by atoms with van der Waals surface area (Å²) < 4.78 is 0. The number of alkyl halides is 1. The van der Waals surface area contributed by atoms with Crippen LogP contribution >= 0.6 is 11.6 Å². The molecular weight excluding hydrogens is 204 g/mol. The van der Waals surface area contributed by atoms with Crippen LogP contribution in [0.3, 0.4) is 0 Å². The lowest BCUT2D eigenvalue weighted by atomic mass is 10.0. The van der Waals surface area contributed by atoms with Gasteiger partial charge in [-0.25, -0.2) is 0 Å². The molecule has 0 aliphatic heterocycles. The lowest BCUT2D eigenvalue weighted by molar-refractivity contribution is 0.637. The molecule has 0 aromatic heterocycles. The van der Waals surface area contributed by atoms with Crippen LogP contribution in [0.2, 0.25) is 0 Å². The molecule has 0 heterocycles. The molecular formula is C14H21Cl. The minimum Gasteiger partial charge on any atom is -0.123 e. The Morgan fingerprint density at radius 1 is 1.20 bits per heavy atom. The minimum absolute atomic E-state index is 0.303. The van der Waals surface area contributed by atoms with Gasteiger partial charge in [-0.2, -0.15) is 0 Å². The standard InChI is InChI=1S/C14H21Cl/c1-3-4-5-10-14(15)11-13-9-7-6-8-12(13)2/h6-9,14H,3-5,10-11H2,1-2H3. The maximum absolute atomic E-state index is 6.32. The molecule has 1 aromatic carbocycles. The Kier molecular flexibility index (Phi) is 5.78. The van der Waals surface area contributed by atoms with E-state index in [1.165, 1.54) is 30.4 Å². The zero-order valence-corrected chi connectivity index (χ0v) is 10.6. The SMILES string of the molecule is CCCCCC(Cl)Cc1ccccc1C. The summed E-state index contributed by atoms with van der Waals surface area (Å²) in [6.45, 7) is 4.38. The number of hydrogen-bond donors (Lipinski definition) is 0. The summed E-state index contributed by atoms with van der Waals surface area (Å²) in [7, 11) is 0. The molecule has 0 saturated heterocycles. The topological polar surface area (TPSA) is 0 Å². The van der Waals surface area contributed by atoms with Crippen molar-refractivity contribution in [3.8, 4) is 0 Å². The minimum atomic E-state index is 0.303. The first-order valence-electron chi connectivity index (χ1n) is 5.92. The third kappa shape index (κ3) is 4.70. The van der Waals surface area contributed by atoms with Gasteiger partial charge in [0.1, 0.15) is 0 Å². The van der Waals surface area contributed by atoms with Crippen molar-refractivity contribution in [2.45, 2.75) is 51.3 Å². The molecule has 0 amide bonds. The van der Waals surface area contributed by atoms with Crippen LogP contribution in [0.25, 0.3) is 0 Å². The second-order valence-corrected chi connectivity index (χ2v) is 4.84. The first-order valence-corrected chi connectivity index (χ1v) is 6.36. The molecule has 0 fully saturated rings. The molecule has 0 bridgehead atoms. The summed E-state index contributed by atoms with van der Waals surface area (Å²) in [4.78, 5) is 0. The summed E-state index contributed by atoms with van der Waals surface area (Å²) in [5, 5.41) is 0.303. The van der Waals surface area contributed by atoms with Gasteiger partial charge in [0.2, 0.25) is 0 Å². The van der Waals surface area contributed by atoms with Gasteiger partial charge >= 0.3 is 0 Å². The second kappa shape index (κ2) is 6.90. The molecule has 0 aliphatic carbocycles. The lowest BCUT2D eigenvalue weighted by Crippen LogP contribution is -2.04. The van der Waals surface area contributed by atoms with Gasteiger partial charge < -0.3 is 0 Å². The molecule has 84 valence electrons. The third-order valence-corrected chi connectivity index (χ3v) is 3.20. The molecule has 1 atom stereocenters. The number of hydrogen-bond acceptors (Lipinski definition) is 0. The van der Waals surface area contributed by atoms with E-state index in [9.17, 15) is 0 Å². The van der Waals surface area contributed by atoms with Gasteiger partial charge in [-0.3, -0.25) is 0 Å². The number of unbranched alkanes of at least 4 members (excludes halogenated alkanes) is 2. The van der Waals surface area contributed by atoms with Crippen molar-refractivity contribution in [1.82, 2.24) is 0 Å². The van der Waals surface area contributed by atoms with Crippen molar-refractivity contribution in [1.29, 1.82) is 0 Å². The Hall–Kier alpha value is -0.490. The molecule has 0 saturated carbocycles.